The number of halogens is 3. The van der Waals surface area contributed by atoms with Crippen LogP contribution in [0.5, 0.6) is 0 Å². The lowest BCUT2D eigenvalue weighted by molar-refractivity contribution is -0.138. The van der Waals surface area contributed by atoms with Gasteiger partial charge >= 0.3 is 6.18 Å². The van der Waals surface area contributed by atoms with Crippen LogP contribution in [0.1, 0.15) is 79.1 Å². The Morgan fingerprint density at radius 1 is 1.28 bits per heavy atom. The number of piperidine rings is 1. The molecule has 1 atom stereocenters. The molecule has 248 valence electrons. The normalized spacial score (nSPS) is 18.9. The van der Waals surface area contributed by atoms with Gasteiger partial charge in [0.2, 0.25) is 0 Å². The molecule has 5 rings (SSSR count). The van der Waals surface area contributed by atoms with E-state index in [4.69, 9.17) is 20.8 Å². The van der Waals surface area contributed by atoms with E-state index in [9.17, 15) is 18.0 Å². The van der Waals surface area contributed by atoms with Crippen LogP contribution in [0.25, 0.3) is 0 Å². The quantitative estimate of drug-likeness (QED) is 0.164. The average Bonchev–Trinajstić information content (AvgIpc) is 3.34. The van der Waals surface area contributed by atoms with Gasteiger partial charge < -0.3 is 15.0 Å². The maximum absolute atomic E-state index is 14.4. The van der Waals surface area contributed by atoms with E-state index in [1.54, 1.807) is 25.2 Å². The van der Waals surface area contributed by atoms with E-state index in [0.29, 0.717) is 29.4 Å². The summed E-state index contributed by atoms with van der Waals surface area (Å²) in [7, 11) is 1.61. The average molecular weight is 641 g/mol. The van der Waals surface area contributed by atoms with Crippen LogP contribution in [0, 0.1) is 28.1 Å². The number of carbonyl (C=O) groups excluding carboxylic acids is 1. The molecule has 0 bridgehead atoms. The van der Waals surface area contributed by atoms with Gasteiger partial charge in [0, 0.05) is 44.1 Å². The van der Waals surface area contributed by atoms with Gasteiger partial charge in [0.25, 0.3) is 5.91 Å². The summed E-state index contributed by atoms with van der Waals surface area (Å²) in [5, 5.41) is 28.1. The second kappa shape index (κ2) is 14.6. The summed E-state index contributed by atoms with van der Waals surface area (Å²) in [6, 6.07) is 8.29. The number of likely N-dealkylation sites (tertiary alicyclic amines) is 1. The minimum Gasteiger partial charge on any atom is -0.379 e. The fraction of sp³-hybridized carbons (Fsp3) is 0.545. The molecule has 13 heteroatoms. The second-order valence-electron chi connectivity index (χ2n) is 12.1. The summed E-state index contributed by atoms with van der Waals surface area (Å²) in [5.74, 6) is 0.648. The number of benzene rings is 1. The van der Waals surface area contributed by atoms with E-state index in [0.717, 1.165) is 32.3 Å². The monoisotopic (exact) mass is 640 g/mol. The molecule has 0 spiro atoms. The van der Waals surface area contributed by atoms with Gasteiger partial charge in [-0.2, -0.15) is 18.4 Å². The van der Waals surface area contributed by atoms with Gasteiger partial charge in [0.15, 0.2) is 0 Å². The topological polar surface area (TPSA) is 132 Å². The summed E-state index contributed by atoms with van der Waals surface area (Å²) in [6.07, 6.45) is -1.08. The Kier molecular flexibility index (Phi) is 11.1. The van der Waals surface area contributed by atoms with Gasteiger partial charge in [0.05, 0.1) is 44.2 Å². The predicted octanol–water partition coefficient (Wildman–Crippen LogP) is 6.02. The van der Waals surface area contributed by atoms with Crippen molar-refractivity contribution in [3.8, 4) is 6.07 Å². The fourth-order valence-electron chi connectivity index (χ4n) is 6.23. The maximum atomic E-state index is 14.4. The van der Waals surface area contributed by atoms with Crippen LogP contribution < -0.4 is 10.2 Å². The van der Waals surface area contributed by atoms with E-state index in [-0.39, 0.29) is 61.9 Å². The van der Waals surface area contributed by atoms with Crippen molar-refractivity contribution in [2.45, 2.75) is 71.1 Å². The van der Waals surface area contributed by atoms with Gasteiger partial charge in [-0.05, 0) is 66.3 Å². The number of carbonyl (C=O) groups is 1. The first-order valence-corrected chi connectivity index (χ1v) is 15.7. The van der Waals surface area contributed by atoms with Crippen molar-refractivity contribution in [1.82, 2.24) is 14.8 Å². The minimum atomic E-state index is -4.64. The number of nitrogens with zero attached hydrogens (tertiary/aromatic N) is 5. The number of nitrogens with one attached hydrogen (secondary N) is 3. The SMILES string of the molecule is CC.C[C@H]1CCCN(Cc2cc3c(c(C(F)(F)F)c2)CN(c2cc(C4(CC(=N)N(C)C=N)COC4)cc(NCCC#N)n2)C3=O)C1. The number of rotatable bonds is 10. The molecule has 1 aromatic carbocycles. The summed E-state index contributed by atoms with van der Waals surface area (Å²) < 4.78 is 48.7. The van der Waals surface area contributed by atoms with Gasteiger partial charge in [-0.15, -0.1) is 0 Å². The fourth-order valence-corrected chi connectivity index (χ4v) is 6.23. The number of aromatic nitrogens is 1. The van der Waals surface area contributed by atoms with Gasteiger partial charge in [0.1, 0.15) is 17.5 Å². The molecule has 2 fully saturated rings. The number of hydrogen-bond acceptors (Lipinski definition) is 8. The maximum Gasteiger partial charge on any atom is 0.416 e. The van der Waals surface area contributed by atoms with E-state index >= 15 is 0 Å². The van der Waals surface area contributed by atoms with Gasteiger partial charge in [-0.1, -0.05) is 20.8 Å². The lowest BCUT2D eigenvalue weighted by Crippen LogP contribution is -2.50. The van der Waals surface area contributed by atoms with Crippen LogP contribution in [0.3, 0.4) is 0 Å². The summed E-state index contributed by atoms with van der Waals surface area (Å²) >= 11 is 0. The summed E-state index contributed by atoms with van der Waals surface area (Å²) in [6.45, 7) is 8.65. The first kappa shape index (κ1) is 34.8. The van der Waals surface area contributed by atoms with E-state index in [1.165, 1.54) is 15.9 Å². The molecule has 0 unspecified atom stereocenters. The van der Waals surface area contributed by atoms with Crippen LogP contribution in [-0.4, -0.2) is 72.8 Å². The Labute approximate surface area is 268 Å². The highest BCUT2D eigenvalue weighted by Gasteiger charge is 2.44. The Hall–Kier alpha value is -4.02. The molecule has 2 aromatic rings. The Bertz CT molecular complexity index is 1480. The molecule has 3 aliphatic rings. The third kappa shape index (κ3) is 7.50. The zero-order valence-electron chi connectivity index (χ0n) is 26.9. The highest BCUT2D eigenvalue weighted by Crippen LogP contribution is 2.42. The van der Waals surface area contributed by atoms with Crippen molar-refractivity contribution >= 4 is 29.7 Å². The van der Waals surface area contributed by atoms with Crippen LogP contribution in [0.4, 0.5) is 24.8 Å². The van der Waals surface area contributed by atoms with Crippen LogP contribution >= 0.6 is 0 Å². The molecule has 0 aliphatic carbocycles. The van der Waals surface area contributed by atoms with Crippen molar-refractivity contribution in [3.05, 3.63) is 52.1 Å². The lowest BCUT2D eigenvalue weighted by Gasteiger charge is -2.43. The molecule has 1 amide bonds. The molecule has 3 N–H and O–H groups in total. The van der Waals surface area contributed by atoms with Crippen molar-refractivity contribution < 1.29 is 22.7 Å². The van der Waals surface area contributed by atoms with E-state index in [1.807, 2.05) is 13.8 Å². The minimum absolute atomic E-state index is 0.0298. The number of fused-ring (bicyclic) bond motifs is 1. The Balaban J connectivity index is 0.00000235. The van der Waals surface area contributed by atoms with E-state index < -0.39 is 23.1 Å². The molecule has 1 aromatic heterocycles. The first-order chi connectivity index (χ1) is 21.9. The second-order valence-corrected chi connectivity index (χ2v) is 12.1. The van der Waals surface area contributed by atoms with Crippen LogP contribution in [0.15, 0.2) is 24.3 Å². The highest BCUT2D eigenvalue weighted by atomic mass is 19.4. The van der Waals surface area contributed by atoms with Crippen molar-refractivity contribution in [3.63, 3.8) is 0 Å². The van der Waals surface area contributed by atoms with Gasteiger partial charge in [-0.25, -0.2) is 4.98 Å². The predicted molar refractivity (Wildman–Crippen MR) is 171 cm³/mol. The number of pyridine rings is 1. The number of anilines is 2. The number of amides is 1. The van der Waals surface area contributed by atoms with Crippen LogP contribution in [0.2, 0.25) is 0 Å². The molecular formula is C33H43F3N8O2. The molecule has 0 saturated carbocycles. The molecule has 4 heterocycles. The molecular weight excluding hydrogens is 597 g/mol. The number of hydrogen-bond donors (Lipinski definition) is 3. The summed E-state index contributed by atoms with van der Waals surface area (Å²) in [5.41, 5.74) is -0.330. The highest BCUT2D eigenvalue weighted by molar-refractivity contribution is 6.10. The summed E-state index contributed by atoms with van der Waals surface area (Å²) in [4.78, 5) is 23.2. The third-order valence-electron chi connectivity index (χ3n) is 8.68. The van der Waals surface area contributed by atoms with E-state index in [2.05, 4.69) is 28.2 Å². The van der Waals surface area contributed by atoms with Gasteiger partial charge in [-0.3, -0.25) is 25.4 Å². The molecule has 10 nitrogen and oxygen atoms in total. The number of nitriles is 1. The smallest absolute Gasteiger partial charge is 0.379 e. The number of amidine groups is 1. The first-order valence-electron chi connectivity index (χ1n) is 15.7. The molecule has 46 heavy (non-hydrogen) atoms. The number of ether oxygens (including phenoxy) is 1. The molecule has 0 radical (unpaired) electrons. The zero-order valence-corrected chi connectivity index (χ0v) is 26.9. The van der Waals surface area contributed by atoms with Crippen molar-refractivity contribution in [2.24, 2.45) is 5.92 Å². The number of alkyl halides is 3. The van der Waals surface area contributed by atoms with Crippen molar-refractivity contribution in [1.29, 1.82) is 16.1 Å². The van der Waals surface area contributed by atoms with Crippen molar-refractivity contribution in [2.75, 3.05) is 50.1 Å². The zero-order chi connectivity index (χ0) is 33.6. The molecule has 2 saturated heterocycles. The standard InChI is InChI=1S/C31H37F3N8O2.C2H6/c1-20-5-3-8-41(14-20)15-21-9-23-24(25(10-21)31(32,33)34)16-42(29(23)43)28-12-22(11-27(39-28)38-7-4-6-35)30(17-44-18-30)13-26(37)40(2)19-36;1-2/h9-12,19-20,36-37H,3-5,7-8,13-18H2,1-2H3,(H,38,39);1-2H3/t20-;/m0./s1. The van der Waals surface area contributed by atoms with Crippen LogP contribution in [-0.2, 0) is 29.4 Å². The Morgan fingerprint density at radius 2 is 2.02 bits per heavy atom. The Morgan fingerprint density at radius 3 is 2.63 bits per heavy atom. The largest absolute Gasteiger partial charge is 0.416 e. The third-order valence-corrected chi connectivity index (χ3v) is 8.68. The lowest BCUT2D eigenvalue weighted by atomic mass is 9.75. The molecule has 3 aliphatic heterocycles.